The van der Waals surface area contributed by atoms with Crippen molar-refractivity contribution in [1.29, 1.82) is 0 Å². The Morgan fingerprint density at radius 3 is 2.11 bits per heavy atom. The lowest BCUT2D eigenvalue weighted by molar-refractivity contribution is 0.192. The fraction of sp³-hybridized carbons (Fsp3) is 0.571. The van der Waals surface area contributed by atoms with Gasteiger partial charge in [-0.2, -0.15) is 0 Å². The molecule has 19 heavy (non-hydrogen) atoms. The number of hydrogen-bond donors (Lipinski definition) is 1. The van der Waals surface area contributed by atoms with Crippen molar-refractivity contribution in [2.24, 2.45) is 0 Å². The lowest BCUT2D eigenvalue weighted by atomic mass is 10.2. The standard InChI is InChI=1S/C14H24NO3P/c1-5-17-19(16,18-6-2)14(3,4)15-12-13-10-8-7-9-11-13/h7-11,15H,5-6,12H2,1-4H3. The fourth-order valence-corrected chi connectivity index (χ4v) is 3.38. The van der Waals surface area contributed by atoms with Crippen LogP contribution in [0.25, 0.3) is 0 Å². The smallest absolute Gasteiger partial charge is 0.308 e. The number of benzene rings is 1. The number of nitrogens with one attached hydrogen (secondary N) is 1. The van der Waals surface area contributed by atoms with Gasteiger partial charge in [-0.15, -0.1) is 0 Å². The molecular formula is C14H24NO3P. The average Bonchev–Trinajstić information content (AvgIpc) is 2.38. The minimum atomic E-state index is -3.17. The molecule has 1 aromatic rings. The molecule has 0 bridgehead atoms. The van der Waals surface area contributed by atoms with Crippen LogP contribution < -0.4 is 5.32 Å². The van der Waals surface area contributed by atoms with Crippen LogP contribution in [0.5, 0.6) is 0 Å². The quantitative estimate of drug-likeness (QED) is 0.738. The minimum Gasteiger partial charge on any atom is -0.308 e. The van der Waals surface area contributed by atoms with Crippen LogP contribution in [-0.4, -0.2) is 18.5 Å². The first-order chi connectivity index (χ1) is 8.95. The summed E-state index contributed by atoms with van der Waals surface area (Å²) in [4.78, 5) is 0. The minimum absolute atomic E-state index is 0.369. The zero-order valence-electron chi connectivity index (χ0n) is 12.2. The average molecular weight is 285 g/mol. The molecule has 1 rings (SSSR count). The van der Waals surface area contributed by atoms with Crippen molar-refractivity contribution in [1.82, 2.24) is 5.32 Å². The molecular weight excluding hydrogens is 261 g/mol. The van der Waals surface area contributed by atoms with E-state index in [0.717, 1.165) is 5.56 Å². The van der Waals surface area contributed by atoms with Gasteiger partial charge in [0.15, 0.2) is 0 Å². The third-order valence-electron chi connectivity index (χ3n) is 2.85. The van der Waals surface area contributed by atoms with Crippen molar-refractivity contribution in [2.45, 2.75) is 39.5 Å². The summed E-state index contributed by atoms with van der Waals surface area (Å²) >= 11 is 0. The zero-order chi connectivity index (χ0) is 14.4. The summed E-state index contributed by atoms with van der Waals surface area (Å²) in [5, 5.41) is 2.55. The van der Waals surface area contributed by atoms with Crippen molar-refractivity contribution >= 4 is 7.60 Å². The molecule has 0 saturated carbocycles. The van der Waals surface area contributed by atoms with Gasteiger partial charge in [0.05, 0.1) is 13.2 Å². The third-order valence-corrected chi connectivity index (χ3v) is 5.57. The molecule has 0 fully saturated rings. The van der Waals surface area contributed by atoms with E-state index in [9.17, 15) is 4.57 Å². The monoisotopic (exact) mass is 285 g/mol. The van der Waals surface area contributed by atoms with Crippen LogP contribution in [0.4, 0.5) is 0 Å². The molecule has 0 heterocycles. The van der Waals surface area contributed by atoms with E-state index in [2.05, 4.69) is 5.32 Å². The van der Waals surface area contributed by atoms with Crippen molar-refractivity contribution in [3.63, 3.8) is 0 Å². The van der Waals surface area contributed by atoms with Crippen molar-refractivity contribution in [3.05, 3.63) is 35.9 Å². The van der Waals surface area contributed by atoms with Crippen LogP contribution in [0, 0.1) is 0 Å². The SMILES string of the molecule is CCOP(=O)(OCC)C(C)(C)NCc1ccccc1. The van der Waals surface area contributed by atoms with Gasteiger partial charge in [-0.3, -0.25) is 9.88 Å². The molecule has 4 nitrogen and oxygen atoms in total. The van der Waals surface area contributed by atoms with Gasteiger partial charge in [-0.25, -0.2) is 0 Å². The lowest BCUT2D eigenvalue weighted by Gasteiger charge is -2.33. The summed E-state index contributed by atoms with van der Waals surface area (Å²) in [6.07, 6.45) is 0. The summed E-state index contributed by atoms with van der Waals surface area (Å²) in [7, 11) is -3.17. The maximum Gasteiger partial charge on any atom is 0.349 e. The second kappa shape index (κ2) is 7.20. The summed E-state index contributed by atoms with van der Waals surface area (Å²) in [5.74, 6) is 0. The van der Waals surface area contributed by atoms with Gasteiger partial charge < -0.3 is 9.05 Å². The molecule has 0 aliphatic carbocycles. The van der Waals surface area contributed by atoms with Crippen LogP contribution in [0.1, 0.15) is 33.3 Å². The van der Waals surface area contributed by atoms with Crippen LogP contribution in [-0.2, 0) is 20.2 Å². The Labute approximate surface area is 116 Å². The maximum absolute atomic E-state index is 12.7. The lowest BCUT2D eigenvalue weighted by Crippen LogP contribution is -2.39. The second-order valence-corrected chi connectivity index (χ2v) is 7.36. The summed E-state index contributed by atoms with van der Waals surface area (Å²) in [6, 6.07) is 9.98. The number of hydrogen-bond acceptors (Lipinski definition) is 4. The number of rotatable bonds is 8. The molecule has 0 amide bonds. The van der Waals surface area contributed by atoms with Gasteiger partial charge in [0, 0.05) is 6.54 Å². The van der Waals surface area contributed by atoms with Gasteiger partial charge >= 0.3 is 7.60 Å². The Kier molecular flexibility index (Phi) is 6.21. The molecule has 0 radical (unpaired) electrons. The highest BCUT2D eigenvalue weighted by atomic mass is 31.2. The van der Waals surface area contributed by atoms with Crippen LogP contribution in [0.3, 0.4) is 0 Å². The van der Waals surface area contributed by atoms with E-state index in [1.165, 1.54) is 0 Å². The van der Waals surface area contributed by atoms with Gasteiger partial charge in [0.25, 0.3) is 0 Å². The molecule has 0 unspecified atom stereocenters. The first kappa shape index (κ1) is 16.4. The summed E-state index contributed by atoms with van der Waals surface area (Å²) in [6.45, 7) is 8.70. The Hall–Kier alpha value is -0.670. The highest BCUT2D eigenvalue weighted by Gasteiger charge is 2.42. The molecule has 108 valence electrons. The summed E-state index contributed by atoms with van der Waals surface area (Å²) in [5.41, 5.74) is 1.13. The molecule has 0 aliphatic heterocycles. The first-order valence-corrected chi connectivity index (χ1v) is 8.17. The molecule has 5 heteroatoms. The zero-order valence-corrected chi connectivity index (χ0v) is 13.1. The van der Waals surface area contributed by atoms with Gasteiger partial charge in [0.1, 0.15) is 5.28 Å². The fourth-order valence-electron chi connectivity index (χ4n) is 1.71. The van der Waals surface area contributed by atoms with E-state index < -0.39 is 12.9 Å². The highest BCUT2D eigenvalue weighted by molar-refractivity contribution is 7.55. The normalized spacial score (nSPS) is 12.6. The van der Waals surface area contributed by atoms with Gasteiger partial charge in [-0.1, -0.05) is 30.3 Å². The Morgan fingerprint density at radius 2 is 1.63 bits per heavy atom. The largest absolute Gasteiger partial charge is 0.349 e. The maximum atomic E-state index is 12.7. The second-order valence-electron chi connectivity index (χ2n) is 4.73. The highest BCUT2D eigenvalue weighted by Crippen LogP contribution is 2.58. The molecule has 1 aromatic carbocycles. The van der Waals surface area contributed by atoms with E-state index in [0.29, 0.717) is 19.8 Å². The predicted octanol–water partition coefficient (Wildman–Crippen LogP) is 3.78. The van der Waals surface area contributed by atoms with Crippen molar-refractivity contribution in [3.8, 4) is 0 Å². The van der Waals surface area contributed by atoms with E-state index in [-0.39, 0.29) is 0 Å². The van der Waals surface area contributed by atoms with E-state index in [4.69, 9.17) is 9.05 Å². The molecule has 0 aromatic heterocycles. The van der Waals surface area contributed by atoms with Gasteiger partial charge in [0.2, 0.25) is 0 Å². The third kappa shape index (κ3) is 4.43. The van der Waals surface area contributed by atoms with Crippen molar-refractivity contribution in [2.75, 3.05) is 13.2 Å². The molecule has 0 atom stereocenters. The van der Waals surface area contributed by atoms with Crippen LogP contribution in [0.2, 0.25) is 0 Å². The topological polar surface area (TPSA) is 47.6 Å². The van der Waals surface area contributed by atoms with E-state index in [1.54, 1.807) is 0 Å². The molecule has 0 saturated heterocycles. The Morgan fingerprint density at radius 1 is 1.11 bits per heavy atom. The van der Waals surface area contributed by atoms with E-state index in [1.807, 2.05) is 58.0 Å². The molecule has 1 N–H and O–H groups in total. The Bertz CT molecular complexity index is 410. The van der Waals surface area contributed by atoms with E-state index >= 15 is 0 Å². The van der Waals surface area contributed by atoms with Crippen LogP contribution in [0.15, 0.2) is 30.3 Å². The molecule has 0 spiro atoms. The van der Waals surface area contributed by atoms with Crippen molar-refractivity contribution < 1.29 is 13.6 Å². The summed E-state index contributed by atoms with van der Waals surface area (Å²) < 4.78 is 23.5. The Balaban J connectivity index is 2.74. The first-order valence-electron chi connectivity index (χ1n) is 6.63. The van der Waals surface area contributed by atoms with Gasteiger partial charge in [-0.05, 0) is 33.3 Å². The molecule has 0 aliphatic rings. The predicted molar refractivity (Wildman–Crippen MR) is 78.2 cm³/mol. The van der Waals surface area contributed by atoms with Crippen LogP contribution >= 0.6 is 7.60 Å².